The molecule has 0 radical (unpaired) electrons. The van der Waals surface area contributed by atoms with Gasteiger partial charge in [-0.15, -0.1) is 0 Å². The molecule has 0 spiro atoms. The SMILES string of the molecule is CCCCCCCCCCCCCCCCC/C=C/C(O)C(CO)NC(=O)CCCCCCC/C=C\CCCCCCCCCCCOC(=O)CCCCCCCCCCCCCCCCC. The standard InChI is InChI=1S/C61H117NO5/c1-3-5-7-9-11-13-15-17-19-22-26-29-33-37-41-45-49-53-59(64)58(57-63)62-60(65)54-50-46-42-38-34-30-27-23-20-21-24-28-32-36-40-44-48-52-56-67-61(66)55-51-47-43-39-35-31-25-18-16-14-12-10-8-6-4-2/h23,27,49,53,58-59,63-64H,3-22,24-26,28-48,50-52,54-57H2,1-2H3,(H,62,65)/b27-23-,53-49+. The molecule has 0 saturated carbocycles. The third kappa shape index (κ3) is 53.5. The molecule has 2 unspecified atom stereocenters. The summed E-state index contributed by atoms with van der Waals surface area (Å²) >= 11 is 0. The summed E-state index contributed by atoms with van der Waals surface area (Å²) in [4.78, 5) is 24.5. The Balaban J connectivity index is 3.46. The molecule has 1 amide bonds. The number of nitrogens with one attached hydrogen (secondary N) is 1. The van der Waals surface area contributed by atoms with E-state index in [1.54, 1.807) is 6.08 Å². The zero-order valence-corrected chi connectivity index (χ0v) is 45.1. The molecule has 0 heterocycles. The van der Waals surface area contributed by atoms with Crippen molar-refractivity contribution in [2.45, 2.75) is 341 Å². The van der Waals surface area contributed by atoms with Gasteiger partial charge in [-0.05, 0) is 57.8 Å². The molecule has 0 rings (SSSR count). The molecule has 0 aromatic heterocycles. The van der Waals surface area contributed by atoms with Crippen LogP contribution in [0.2, 0.25) is 0 Å². The van der Waals surface area contributed by atoms with Gasteiger partial charge in [-0.1, -0.05) is 282 Å². The van der Waals surface area contributed by atoms with Crippen molar-refractivity contribution >= 4 is 11.9 Å². The van der Waals surface area contributed by atoms with E-state index < -0.39 is 12.1 Å². The Bertz CT molecular complexity index is 1040. The molecule has 6 heteroatoms. The van der Waals surface area contributed by atoms with Gasteiger partial charge in [0, 0.05) is 12.8 Å². The Morgan fingerprint density at radius 2 is 0.701 bits per heavy atom. The lowest BCUT2D eigenvalue weighted by atomic mass is 10.0. The quantitative estimate of drug-likeness (QED) is 0.0321. The average molecular weight is 945 g/mol. The van der Waals surface area contributed by atoms with Gasteiger partial charge in [0.05, 0.1) is 25.4 Å². The number of rotatable bonds is 56. The summed E-state index contributed by atoms with van der Waals surface area (Å²) in [5.74, 6) is -0.0749. The predicted octanol–water partition coefficient (Wildman–Crippen LogP) is 18.6. The van der Waals surface area contributed by atoms with Crippen LogP contribution in [0.5, 0.6) is 0 Å². The van der Waals surface area contributed by atoms with Gasteiger partial charge in [0.25, 0.3) is 0 Å². The lowest BCUT2D eigenvalue weighted by molar-refractivity contribution is -0.143. The van der Waals surface area contributed by atoms with E-state index >= 15 is 0 Å². The maximum absolute atomic E-state index is 12.5. The second-order valence-corrected chi connectivity index (χ2v) is 20.7. The van der Waals surface area contributed by atoms with E-state index in [1.165, 1.54) is 244 Å². The van der Waals surface area contributed by atoms with Crippen LogP contribution in [-0.2, 0) is 14.3 Å². The highest BCUT2D eigenvalue weighted by atomic mass is 16.5. The highest BCUT2D eigenvalue weighted by Crippen LogP contribution is 2.17. The van der Waals surface area contributed by atoms with E-state index in [1.807, 2.05) is 6.08 Å². The van der Waals surface area contributed by atoms with E-state index in [2.05, 4.69) is 31.3 Å². The molecule has 0 aliphatic carbocycles. The van der Waals surface area contributed by atoms with Crippen LogP contribution in [-0.4, -0.2) is 47.4 Å². The summed E-state index contributed by atoms with van der Waals surface area (Å²) in [6.07, 6.45) is 69.2. The van der Waals surface area contributed by atoms with Gasteiger partial charge in [-0.25, -0.2) is 0 Å². The lowest BCUT2D eigenvalue weighted by Gasteiger charge is -2.20. The summed E-state index contributed by atoms with van der Waals surface area (Å²) < 4.78 is 5.48. The minimum Gasteiger partial charge on any atom is -0.466 e. The monoisotopic (exact) mass is 944 g/mol. The van der Waals surface area contributed by atoms with Crippen molar-refractivity contribution in [3.05, 3.63) is 24.3 Å². The number of hydrogen-bond donors (Lipinski definition) is 3. The van der Waals surface area contributed by atoms with Crippen molar-refractivity contribution in [1.29, 1.82) is 0 Å². The van der Waals surface area contributed by atoms with Crippen LogP contribution in [0.3, 0.4) is 0 Å². The van der Waals surface area contributed by atoms with Gasteiger partial charge in [0.15, 0.2) is 0 Å². The first-order valence-corrected chi connectivity index (χ1v) is 30.1. The maximum Gasteiger partial charge on any atom is 0.305 e. The van der Waals surface area contributed by atoms with Crippen molar-refractivity contribution in [2.24, 2.45) is 0 Å². The molecular weight excluding hydrogens is 827 g/mol. The van der Waals surface area contributed by atoms with E-state index in [0.717, 1.165) is 57.8 Å². The third-order valence-electron chi connectivity index (χ3n) is 14.0. The predicted molar refractivity (Wildman–Crippen MR) is 292 cm³/mol. The summed E-state index contributed by atoms with van der Waals surface area (Å²) in [6.45, 7) is 4.91. The van der Waals surface area contributed by atoms with Crippen LogP contribution in [0.4, 0.5) is 0 Å². The first-order chi connectivity index (χ1) is 33.0. The number of amides is 1. The van der Waals surface area contributed by atoms with Crippen molar-refractivity contribution < 1.29 is 24.5 Å². The van der Waals surface area contributed by atoms with Gasteiger partial charge in [0.1, 0.15) is 0 Å². The zero-order chi connectivity index (χ0) is 48.6. The molecule has 0 aliphatic rings. The Labute approximate surface area is 418 Å². The van der Waals surface area contributed by atoms with Crippen molar-refractivity contribution in [2.75, 3.05) is 13.2 Å². The summed E-state index contributed by atoms with van der Waals surface area (Å²) in [5.41, 5.74) is 0. The number of unbranched alkanes of at least 4 members (excludes halogenated alkanes) is 43. The molecule has 0 bridgehead atoms. The number of carbonyl (C=O) groups excluding carboxylic acids is 2. The van der Waals surface area contributed by atoms with Gasteiger partial charge < -0.3 is 20.3 Å². The van der Waals surface area contributed by atoms with Crippen LogP contribution < -0.4 is 5.32 Å². The van der Waals surface area contributed by atoms with E-state index in [9.17, 15) is 19.8 Å². The normalized spacial score (nSPS) is 12.7. The van der Waals surface area contributed by atoms with Gasteiger partial charge in [-0.3, -0.25) is 9.59 Å². The molecule has 6 nitrogen and oxygen atoms in total. The first kappa shape index (κ1) is 65.3. The number of ether oxygens (including phenoxy) is 1. The van der Waals surface area contributed by atoms with Crippen molar-refractivity contribution in [1.82, 2.24) is 5.32 Å². The largest absolute Gasteiger partial charge is 0.466 e. The van der Waals surface area contributed by atoms with Crippen molar-refractivity contribution in [3.63, 3.8) is 0 Å². The fourth-order valence-corrected chi connectivity index (χ4v) is 9.34. The number of aliphatic hydroxyl groups is 2. The molecule has 0 aliphatic heterocycles. The molecule has 0 aromatic carbocycles. The minimum absolute atomic E-state index is 0.00532. The molecule has 0 fully saturated rings. The number of aliphatic hydroxyl groups excluding tert-OH is 2. The summed E-state index contributed by atoms with van der Waals surface area (Å²) in [6, 6.07) is -0.638. The second-order valence-electron chi connectivity index (χ2n) is 20.7. The Morgan fingerprint density at radius 3 is 1.06 bits per heavy atom. The topological polar surface area (TPSA) is 95.9 Å². The van der Waals surface area contributed by atoms with E-state index in [4.69, 9.17) is 4.74 Å². The third-order valence-corrected chi connectivity index (χ3v) is 14.0. The number of esters is 1. The average Bonchev–Trinajstić information content (AvgIpc) is 3.33. The van der Waals surface area contributed by atoms with Gasteiger partial charge in [0.2, 0.25) is 5.91 Å². The van der Waals surface area contributed by atoms with E-state index in [-0.39, 0.29) is 18.5 Å². The number of carbonyl (C=O) groups is 2. The fourth-order valence-electron chi connectivity index (χ4n) is 9.34. The van der Waals surface area contributed by atoms with Crippen LogP contribution in [0.15, 0.2) is 24.3 Å². The van der Waals surface area contributed by atoms with E-state index in [0.29, 0.717) is 19.4 Å². The van der Waals surface area contributed by atoms with Crippen LogP contribution in [0, 0.1) is 0 Å². The van der Waals surface area contributed by atoms with Gasteiger partial charge >= 0.3 is 5.97 Å². The van der Waals surface area contributed by atoms with Crippen molar-refractivity contribution in [3.8, 4) is 0 Å². The Kier molecular flexibility index (Phi) is 55.5. The highest BCUT2D eigenvalue weighted by Gasteiger charge is 2.18. The first-order valence-electron chi connectivity index (χ1n) is 30.1. The van der Waals surface area contributed by atoms with Gasteiger partial charge in [-0.2, -0.15) is 0 Å². The smallest absolute Gasteiger partial charge is 0.305 e. The molecule has 67 heavy (non-hydrogen) atoms. The summed E-state index contributed by atoms with van der Waals surface area (Å²) in [5, 5.41) is 23.1. The fraction of sp³-hybridized carbons (Fsp3) is 0.902. The molecule has 0 aromatic rings. The Hall–Kier alpha value is -1.66. The minimum atomic E-state index is -0.853. The zero-order valence-electron chi connectivity index (χ0n) is 45.1. The molecule has 2 atom stereocenters. The summed E-state index contributed by atoms with van der Waals surface area (Å²) in [7, 11) is 0. The molecule has 0 saturated heterocycles. The van der Waals surface area contributed by atoms with Crippen LogP contribution >= 0.6 is 0 Å². The maximum atomic E-state index is 12.5. The number of hydrogen-bond acceptors (Lipinski definition) is 5. The van der Waals surface area contributed by atoms with Crippen LogP contribution in [0.25, 0.3) is 0 Å². The van der Waals surface area contributed by atoms with Crippen LogP contribution in [0.1, 0.15) is 328 Å². The molecular formula is C61H117NO5. The molecule has 3 N–H and O–H groups in total. The Morgan fingerprint density at radius 1 is 0.403 bits per heavy atom. The number of allylic oxidation sites excluding steroid dienone is 3. The second kappa shape index (κ2) is 56.9. The lowest BCUT2D eigenvalue weighted by Crippen LogP contribution is -2.45. The molecule has 396 valence electrons. The highest BCUT2D eigenvalue weighted by molar-refractivity contribution is 5.76.